The van der Waals surface area contributed by atoms with Crippen LogP contribution >= 0.6 is 0 Å². The summed E-state index contributed by atoms with van der Waals surface area (Å²) >= 11 is 0. The summed E-state index contributed by atoms with van der Waals surface area (Å²) in [7, 11) is 0. The Bertz CT molecular complexity index is 818. The SMILES string of the molecule is O=c1cc(-c2cccc(O)c2O)c2ccccc2o1. The standard InChI is InChI=1S/C15H10O4/c16-12-6-3-5-10(15(12)18)11-8-14(17)19-13-7-2-1-4-9(11)13/h1-8,16,18H. The first-order chi connectivity index (χ1) is 9.16. The number of phenols is 2. The van der Waals surface area contributed by atoms with Crippen LogP contribution in [-0.4, -0.2) is 10.2 Å². The Morgan fingerprint density at radius 2 is 1.68 bits per heavy atom. The number of rotatable bonds is 1. The van der Waals surface area contributed by atoms with Crippen molar-refractivity contribution in [3.8, 4) is 22.6 Å². The van der Waals surface area contributed by atoms with Gasteiger partial charge in [-0.1, -0.05) is 30.3 Å². The fraction of sp³-hybridized carbons (Fsp3) is 0. The summed E-state index contributed by atoms with van der Waals surface area (Å²) in [6, 6.07) is 13.0. The van der Waals surface area contributed by atoms with E-state index in [4.69, 9.17) is 4.42 Å². The molecule has 0 saturated heterocycles. The summed E-state index contributed by atoms with van der Waals surface area (Å²) < 4.78 is 5.09. The lowest BCUT2D eigenvalue weighted by Crippen LogP contribution is -1.98. The quantitative estimate of drug-likeness (QED) is 0.517. The monoisotopic (exact) mass is 254 g/mol. The van der Waals surface area contributed by atoms with Gasteiger partial charge in [0.05, 0.1) is 0 Å². The first-order valence-corrected chi connectivity index (χ1v) is 5.71. The minimum Gasteiger partial charge on any atom is -0.504 e. The molecule has 0 amide bonds. The van der Waals surface area contributed by atoms with Gasteiger partial charge in [-0.15, -0.1) is 0 Å². The van der Waals surface area contributed by atoms with Gasteiger partial charge in [0.2, 0.25) is 0 Å². The van der Waals surface area contributed by atoms with Crippen LogP contribution in [0.25, 0.3) is 22.1 Å². The minimum atomic E-state index is -0.503. The number of hydrogen-bond donors (Lipinski definition) is 2. The molecule has 0 aliphatic heterocycles. The Kier molecular flexibility index (Phi) is 2.49. The summed E-state index contributed by atoms with van der Waals surface area (Å²) in [5.41, 5.74) is 0.855. The average Bonchev–Trinajstić information content (AvgIpc) is 2.41. The van der Waals surface area contributed by atoms with Crippen LogP contribution in [-0.2, 0) is 0 Å². The molecule has 94 valence electrons. The molecule has 0 aliphatic rings. The largest absolute Gasteiger partial charge is 0.504 e. The number of aromatic hydroxyl groups is 2. The van der Waals surface area contributed by atoms with Crippen molar-refractivity contribution < 1.29 is 14.6 Å². The number of fused-ring (bicyclic) bond motifs is 1. The van der Waals surface area contributed by atoms with E-state index in [-0.39, 0.29) is 11.5 Å². The lowest BCUT2D eigenvalue weighted by molar-refractivity contribution is 0.405. The molecule has 3 rings (SSSR count). The Morgan fingerprint density at radius 3 is 2.53 bits per heavy atom. The van der Waals surface area contributed by atoms with E-state index in [1.54, 1.807) is 30.3 Å². The Balaban J connectivity index is 2.42. The molecule has 2 N–H and O–H groups in total. The van der Waals surface area contributed by atoms with E-state index in [0.717, 1.165) is 0 Å². The van der Waals surface area contributed by atoms with Crippen molar-refractivity contribution in [2.75, 3.05) is 0 Å². The van der Waals surface area contributed by atoms with Crippen LogP contribution in [0.1, 0.15) is 0 Å². The van der Waals surface area contributed by atoms with Gasteiger partial charge in [-0.25, -0.2) is 4.79 Å². The zero-order valence-corrected chi connectivity index (χ0v) is 9.83. The second-order valence-corrected chi connectivity index (χ2v) is 4.15. The third-order valence-corrected chi connectivity index (χ3v) is 2.95. The van der Waals surface area contributed by atoms with Crippen molar-refractivity contribution in [1.29, 1.82) is 0 Å². The van der Waals surface area contributed by atoms with E-state index in [1.165, 1.54) is 12.1 Å². The molecule has 0 atom stereocenters. The van der Waals surface area contributed by atoms with Gasteiger partial charge in [-0.05, 0) is 12.1 Å². The van der Waals surface area contributed by atoms with Crippen molar-refractivity contribution in [3.63, 3.8) is 0 Å². The van der Waals surface area contributed by atoms with Crippen LogP contribution < -0.4 is 5.63 Å². The van der Waals surface area contributed by atoms with Crippen LogP contribution in [0.15, 0.2) is 57.7 Å². The second kappa shape index (κ2) is 4.17. The number of para-hydroxylation sites is 2. The molecule has 0 unspecified atom stereocenters. The second-order valence-electron chi connectivity index (χ2n) is 4.15. The Morgan fingerprint density at radius 1 is 0.895 bits per heavy atom. The molecule has 3 aromatic rings. The summed E-state index contributed by atoms with van der Waals surface area (Å²) in [5, 5.41) is 20.2. The average molecular weight is 254 g/mol. The minimum absolute atomic E-state index is 0.227. The van der Waals surface area contributed by atoms with E-state index >= 15 is 0 Å². The first kappa shape index (κ1) is 11.3. The van der Waals surface area contributed by atoms with Gasteiger partial charge >= 0.3 is 5.63 Å². The Hall–Kier alpha value is -2.75. The number of benzene rings is 2. The molecule has 0 bridgehead atoms. The van der Waals surface area contributed by atoms with Gasteiger partial charge in [0.15, 0.2) is 11.5 Å². The molecule has 2 aromatic carbocycles. The summed E-state index contributed by atoms with van der Waals surface area (Å²) in [4.78, 5) is 11.6. The highest BCUT2D eigenvalue weighted by molar-refractivity contribution is 5.95. The molecule has 0 spiro atoms. The van der Waals surface area contributed by atoms with Crippen LogP contribution in [0, 0.1) is 0 Å². The van der Waals surface area contributed by atoms with Crippen molar-refractivity contribution in [2.24, 2.45) is 0 Å². The fourth-order valence-electron chi connectivity index (χ4n) is 2.08. The highest BCUT2D eigenvalue weighted by Crippen LogP contribution is 2.38. The van der Waals surface area contributed by atoms with Crippen molar-refractivity contribution in [3.05, 3.63) is 59.0 Å². The van der Waals surface area contributed by atoms with Crippen LogP contribution in [0.3, 0.4) is 0 Å². The first-order valence-electron chi connectivity index (χ1n) is 5.71. The molecule has 1 aromatic heterocycles. The van der Waals surface area contributed by atoms with E-state index in [1.807, 2.05) is 6.07 Å². The maximum Gasteiger partial charge on any atom is 0.336 e. The molecule has 0 aliphatic carbocycles. The lowest BCUT2D eigenvalue weighted by atomic mass is 10.0. The molecule has 19 heavy (non-hydrogen) atoms. The molecule has 0 fully saturated rings. The third kappa shape index (κ3) is 1.83. The van der Waals surface area contributed by atoms with Gasteiger partial charge < -0.3 is 14.6 Å². The summed E-state index contributed by atoms with van der Waals surface area (Å²) in [5.74, 6) is -0.479. The number of hydrogen-bond acceptors (Lipinski definition) is 4. The van der Waals surface area contributed by atoms with Gasteiger partial charge in [0.25, 0.3) is 0 Å². The van der Waals surface area contributed by atoms with E-state index in [2.05, 4.69) is 0 Å². The lowest BCUT2D eigenvalue weighted by Gasteiger charge is -2.08. The predicted molar refractivity (Wildman–Crippen MR) is 71.2 cm³/mol. The maximum atomic E-state index is 11.6. The summed E-state index contributed by atoms with van der Waals surface area (Å²) in [6.45, 7) is 0. The molecule has 1 heterocycles. The molecule has 4 heteroatoms. The number of phenolic OH excluding ortho intramolecular Hbond substituents is 2. The fourth-order valence-corrected chi connectivity index (χ4v) is 2.08. The van der Waals surface area contributed by atoms with Gasteiger partial charge in [0.1, 0.15) is 5.58 Å². The van der Waals surface area contributed by atoms with Crippen LogP contribution in [0.2, 0.25) is 0 Å². The third-order valence-electron chi connectivity index (χ3n) is 2.95. The highest BCUT2D eigenvalue weighted by atomic mass is 16.4. The van der Waals surface area contributed by atoms with E-state index in [9.17, 15) is 15.0 Å². The molecular weight excluding hydrogens is 244 g/mol. The van der Waals surface area contributed by atoms with Crippen LogP contribution in [0.4, 0.5) is 0 Å². The van der Waals surface area contributed by atoms with Crippen molar-refractivity contribution in [1.82, 2.24) is 0 Å². The van der Waals surface area contributed by atoms with Crippen molar-refractivity contribution >= 4 is 11.0 Å². The molecule has 0 saturated carbocycles. The van der Waals surface area contributed by atoms with Crippen LogP contribution in [0.5, 0.6) is 11.5 Å². The zero-order valence-electron chi connectivity index (χ0n) is 9.83. The van der Waals surface area contributed by atoms with Gasteiger partial charge in [-0.3, -0.25) is 0 Å². The molecule has 4 nitrogen and oxygen atoms in total. The normalized spacial score (nSPS) is 10.7. The zero-order chi connectivity index (χ0) is 13.4. The smallest absolute Gasteiger partial charge is 0.336 e. The van der Waals surface area contributed by atoms with E-state index in [0.29, 0.717) is 22.1 Å². The van der Waals surface area contributed by atoms with Gasteiger partial charge in [0, 0.05) is 22.6 Å². The summed E-state index contributed by atoms with van der Waals surface area (Å²) in [6.07, 6.45) is 0. The van der Waals surface area contributed by atoms with E-state index < -0.39 is 5.63 Å². The predicted octanol–water partition coefficient (Wildman–Crippen LogP) is 2.87. The molecule has 0 radical (unpaired) electrons. The maximum absolute atomic E-state index is 11.6. The van der Waals surface area contributed by atoms with Gasteiger partial charge in [-0.2, -0.15) is 0 Å². The highest BCUT2D eigenvalue weighted by Gasteiger charge is 2.13. The van der Waals surface area contributed by atoms with Crippen molar-refractivity contribution in [2.45, 2.75) is 0 Å². The topological polar surface area (TPSA) is 70.7 Å². The molecular formula is C15H10O4. The Labute approximate surface area is 108 Å².